The molecule has 1 atom stereocenters. The molecule has 0 N–H and O–H groups in total. The average molecular weight is 176 g/mol. The lowest BCUT2D eigenvalue weighted by Crippen LogP contribution is -2.22. The molecule has 0 spiro atoms. The van der Waals surface area contributed by atoms with Crippen LogP contribution >= 0.6 is 0 Å². The molecular formula is C11H16N2. The van der Waals surface area contributed by atoms with Crippen molar-refractivity contribution < 1.29 is 0 Å². The zero-order valence-corrected chi connectivity index (χ0v) is 8.33. The Morgan fingerprint density at radius 3 is 3.23 bits per heavy atom. The zero-order chi connectivity index (χ0) is 9.26. The molecule has 1 unspecified atom stereocenters. The molecule has 0 radical (unpaired) electrons. The number of anilines is 1. The minimum absolute atomic E-state index is 0.648. The summed E-state index contributed by atoms with van der Waals surface area (Å²) in [6, 6.07) is 4.23. The third-order valence-electron chi connectivity index (χ3n) is 2.64. The van der Waals surface area contributed by atoms with Crippen LogP contribution in [0.25, 0.3) is 0 Å². The topological polar surface area (TPSA) is 16.1 Å². The van der Waals surface area contributed by atoms with E-state index in [0.29, 0.717) is 5.92 Å². The van der Waals surface area contributed by atoms with Crippen LogP contribution in [0.4, 0.5) is 5.82 Å². The predicted molar refractivity (Wildman–Crippen MR) is 55.2 cm³/mol. The van der Waals surface area contributed by atoms with E-state index in [-0.39, 0.29) is 0 Å². The van der Waals surface area contributed by atoms with Gasteiger partial charge in [0, 0.05) is 25.2 Å². The minimum atomic E-state index is 0.648. The number of aromatic nitrogens is 1. The molecule has 70 valence electrons. The first-order chi connectivity index (χ1) is 6.33. The van der Waals surface area contributed by atoms with Gasteiger partial charge in [-0.15, -0.1) is 0 Å². The largest absolute Gasteiger partial charge is 0.356 e. The highest BCUT2D eigenvalue weighted by Gasteiger charge is 2.25. The van der Waals surface area contributed by atoms with Crippen molar-refractivity contribution in [2.45, 2.75) is 26.2 Å². The van der Waals surface area contributed by atoms with Crippen molar-refractivity contribution in [2.75, 3.05) is 18.0 Å². The van der Waals surface area contributed by atoms with Crippen LogP contribution in [0, 0.1) is 0 Å². The SMILES string of the molecule is CCCN1CC(C)c2cccnc21. The zero-order valence-electron chi connectivity index (χ0n) is 8.33. The Bertz CT molecular complexity index is 296. The first kappa shape index (κ1) is 8.54. The molecule has 2 nitrogen and oxygen atoms in total. The summed E-state index contributed by atoms with van der Waals surface area (Å²) in [6.45, 7) is 6.76. The molecule has 13 heavy (non-hydrogen) atoms. The highest BCUT2D eigenvalue weighted by Crippen LogP contribution is 2.33. The summed E-state index contributed by atoms with van der Waals surface area (Å²) < 4.78 is 0. The van der Waals surface area contributed by atoms with Crippen LogP contribution in [0.3, 0.4) is 0 Å². The molecule has 0 saturated carbocycles. The number of hydrogen-bond acceptors (Lipinski definition) is 2. The van der Waals surface area contributed by atoms with E-state index in [0.717, 1.165) is 13.1 Å². The quantitative estimate of drug-likeness (QED) is 0.688. The second-order valence-corrected chi connectivity index (χ2v) is 3.76. The Morgan fingerprint density at radius 1 is 1.62 bits per heavy atom. The van der Waals surface area contributed by atoms with Gasteiger partial charge in [0.25, 0.3) is 0 Å². The highest BCUT2D eigenvalue weighted by molar-refractivity contribution is 5.53. The second-order valence-electron chi connectivity index (χ2n) is 3.76. The first-order valence-corrected chi connectivity index (χ1v) is 5.02. The minimum Gasteiger partial charge on any atom is -0.356 e. The lowest BCUT2D eigenvalue weighted by atomic mass is 10.1. The monoisotopic (exact) mass is 176 g/mol. The van der Waals surface area contributed by atoms with Crippen LogP contribution in [0.5, 0.6) is 0 Å². The van der Waals surface area contributed by atoms with Crippen molar-refractivity contribution in [1.82, 2.24) is 4.98 Å². The van der Waals surface area contributed by atoms with Crippen molar-refractivity contribution in [3.8, 4) is 0 Å². The van der Waals surface area contributed by atoms with Gasteiger partial charge in [0.15, 0.2) is 0 Å². The Balaban J connectivity index is 2.30. The van der Waals surface area contributed by atoms with E-state index in [9.17, 15) is 0 Å². The van der Waals surface area contributed by atoms with Gasteiger partial charge in [-0.1, -0.05) is 19.9 Å². The van der Waals surface area contributed by atoms with Crippen molar-refractivity contribution >= 4 is 5.82 Å². The van der Waals surface area contributed by atoms with Gasteiger partial charge < -0.3 is 4.90 Å². The van der Waals surface area contributed by atoms with Crippen LogP contribution in [-0.4, -0.2) is 18.1 Å². The van der Waals surface area contributed by atoms with Crippen LogP contribution in [0.2, 0.25) is 0 Å². The molecule has 2 heterocycles. The normalized spacial score (nSPS) is 20.5. The molecule has 1 aromatic heterocycles. The van der Waals surface area contributed by atoms with E-state index >= 15 is 0 Å². The van der Waals surface area contributed by atoms with E-state index in [4.69, 9.17) is 0 Å². The molecule has 1 aliphatic heterocycles. The number of rotatable bonds is 2. The van der Waals surface area contributed by atoms with E-state index < -0.39 is 0 Å². The summed E-state index contributed by atoms with van der Waals surface area (Å²) in [5, 5.41) is 0. The molecule has 0 saturated heterocycles. The van der Waals surface area contributed by atoms with Crippen LogP contribution in [0.1, 0.15) is 31.7 Å². The standard InChI is InChI=1S/C11H16N2/c1-3-7-13-8-9(2)10-5-4-6-12-11(10)13/h4-6,9H,3,7-8H2,1-2H3. The third kappa shape index (κ3) is 1.41. The molecular weight excluding hydrogens is 160 g/mol. The van der Waals surface area contributed by atoms with Crippen LogP contribution in [-0.2, 0) is 0 Å². The maximum absolute atomic E-state index is 4.44. The van der Waals surface area contributed by atoms with Crippen molar-refractivity contribution in [3.05, 3.63) is 23.9 Å². The van der Waals surface area contributed by atoms with Gasteiger partial charge in [-0.25, -0.2) is 4.98 Å². The molecule has 1 aromatic rings. The van der Waals surface area contributed by atoms with Crippen LogP contribution in [0.15, 0.2) is 18.3 Å². The Labute approximate surface area is 79.6 Å². The maximum atomic E-state index is 4.44. The van der Waals surface area contributed by atoms with Gasteiger partial charge in [0.1, 0.15) is 5.82 Å². The Morgan fingerprint density at radius 2 is 2.46 bits per heavy atom. The van der Waals surface area contributed by atoms with E-state index in [1.807, 2.05) is 12.3 Å². The van der Waals surface area contributed by atoms with Gasteiger partial charge in [-0.05, 0) is 18.1 Å². The molecule has 0 bridgehead atoms. The summed E-state index contributed by atoms with van der Waals surface area (Å²) >= 11 is 0. The lowest BCUT2D eigenvalue weighted by Gasteiger charge is -2.16. The molecule has 2 rings (SSSR count). The molecule has 0 amide bonds. The molecule has 1 aliphatic rings. The molecule has 2 heteroatoms. The fourth-order valence-corrected chi connectivity index (χ4v) is 2.04. The summed E-state index contributed by atoms with van der Waals surface area (Å²) in [5.74, 6) is 1.85. The summed E-state index contributed by atoms with van der Waals surface area (Å²) in [4.78, 5) is 6.82. The number of pyridine rings is 1. The number of nitrogens with zero attached hydrogens (tertiary/aromatic N) is 2. The fraction of sp³-hybridized carbons (Fsp3) is 0.545. The Kier molecular flexibility index (Phi) is 2.21. The molecule has 0 aromatic carbocycles. The average Bonchev–Trinajstić information content (AvgIpc) is 2.46. The Hall–Kier alpha value is -1.05. The number of fused-ring (bicyclic) bond motifs is 1. The highest BCUT2D eigenvalue weighted by atomic mass is 15.2. The maximum Gasteiger partial charge on any atom is 0.132 e. The van der Waals surface area contributed by atoms with Crippen molar-refractivity contribution in [2.24, 2.45) is 0 Å². The fourth-order valence-electron chi connectivity index (χ4n) is 2.04. The number of hydrogen-bond donors (Lipinski definition) is 0. The van der Waals surface area contributed by atoms with Gasteiger partial charge in [-0.2, -0.15) is 0 Å². The van der Waals surface area contributed by atoms with Gasteiger partial charge in [0.2, 0.25) is 0 Å². The summed E-state index contributed by atoms with van der Waals surface area (Å²) in [6.07, 6.45) is 3.09. The molecule has 0 fully saturated rings. The first-order valence-electron chi connectivity index (χ1n) is 5.02. The molecule has 0 aliphatic carbocycles. The van der Waals surface area contributed by atoms with Crippen molar-refractivity contribution in [1.29, 1.82) is 0 Å². The van der Waals surface area contributed by atoms with Crippen molar-refractivity contribution in [3.63, 3.8) is 0 Å². The van der Waals surface area contributed by atoms with Gasteiger partial charge in [-0.3, -0.25) is 0 Å². The third-order valence-corrected chi connectivity index (χ3v) is 2.64. The summed E-state index contributed by atoms with van der Waals surface area (Å²) in [5.41, 5.74) is 1.41. The smallest absolute Gasteiger partial charge is 0.132 e. The van der Waals surface area contributed by atoms with E-state index in [1.165, 1.54) is 17.8 Å². The van der Waals surface area contributed by atoms with Gasteiger partial charge in [0.05, 0.1) is 0 Å². The van der Waals surface area contributed by atoms with Crippen LogP contribution < -0.4 is 4.90 Å². The predicted octanol–water partition coefficient (Wildman–Crippen LogP) is 2.42. The van der Waals surface area contributed by atoms with Gasteiger partial charge >= 0.3 is 0 Å². The van der Waals surface area contributed by atoms with E-state index in [1.54, 1.807) is 0 Å². The lowest BCUT2D eigenvalue weighted by molar-refractivity contribution is 0.728. The second kappa shape index (κ2) is 3.36. The van der Waals surface area contributed by atoms with E-state index in [2.05, 4.69) is 29.8 Å². The summed E-state index contributed by atoms with van der Waals surface area (Å²) in [7, 11) is 0.